The molecule has 0 aromatic heterocycles. The van der Waals surface area contributed by atoms with Gasteiger partial charge in [0, 0.05) is 12.1 Å². The molecule has 0 atom stereocenters. The van der Waals surface area contributed by atoms with Crippen molar-refractivity contribution in [1.82, 2.24) is 0 Å². The minimum Gasteiger partial charge on any atom is -0.456 e. The minimum atomic E-state index is -0.508. The molecule has 2 aromatic rings. The van der Waals surface area contributed by atoms with Crippen molar-refractivity contribution >= 4 is 17.3 Å². The van der Waals surface area contributed by atoms with Crippen molar-refractivity contribution in [3.63, 3.8) is 0 Å². The molecule has 0 saturated carbocycles. The van der Waals surface area contributed by atoms with Crippen molar-refractivity contribution in [1.29, 1.82) is 0 Å². The Kier molecular flexibility index (Phi) is 3.25. The van der Waals surface area contributed by atoms with Crippen LogP contribution in [0.5, 0.6) is 11.5 Å². The second-order valence-electron chi connectivity index (χ2n) is 3.21. The summed E-state index contributed by atoms with van der Waals surface area (Å²) in [4.78, 5) is 10.0. The fourth-order valence-electron chi connectivity index (χ4n) is 1.25. The number of nitrogens with zero attached hydrogens (tertiary/aromatic N) is 1. The maximum atomic E-state index is 10.5. The number of hydrogen-bond acceptors (Lipinski definition) is 3. The van der Waals surface area contributed by atoms with Crippen LogP contribution in [0.2, 0.25) is 5.02 Å². The Morgan fingerprint density at radius 2 is 2.18 bits per heavy atom. The van der Waals surface area contributed by atoms with Crippen molar-refractivity contribution in [2.24, 2.45) is 0 Å². The lowest BCUT2D eigenvalue weighted by Crippen LogP contribution is -1.89. The molecule has 2 rings (SSSR count). The van der Waals surface area contributed by atoms with E-state index in [2.05, 4.69) is 6.07 Å². The highest BCUT2D eigenvalue weighted by atomic mass is 35.5. The molecule has 0 bridgehead atoms. The summed E-state index contributed by atoms with van der Waals surface area (Å²) in [5.74, 6) is 0.945. The molecule has 0 N–H and O–H groups in total. The van der Waals surface area contributed by atoms with E-state index in [1.165, 1.54) is 18.2 Å². The normalized spacial score (nSPS) is 9.94. The molecule has 1 radical (unpaired) electrons. The Hall–Kier alpha value is -2.07. The highest BCUT2D eigenvalue weighted by Gasteiger charge is 2.10. The van der Waals surface area contributed by atoms with E-state index in [1.54, 1.807) is 24.3 Å². The first kappa shape index (κ1) is 11.4. The van der Waals surface area contributed by atoms with Gasteiger partial charge in [-0.05, 0) is 24.3 Å². The van der Waals surface area contributed by atoms with Gasteiger partial charge >= 0.3 is 0 Å². The molecule has 85 valence electrons. The third-order valence-electron chi connectivity index (χ3n) is 2.03. The Bertz CT molecular complexity index is 543. The standard InChI is InChI=1S/C12H7ClNO3/c13-11-8-9(14(15)16)6-7-12(11)17-10-4-2-1-3-5-10/h1-2,4-8H. The summed E-state index contributed by atoms with van der Waals surface area (Å²) in [5.41, 5.74) is -0.0676. The predicted molar refractivity (Wildman–Crippen MR) is 63.5 cm³/mol. The Balaban J connectivity index is 2.26. The number of nitro groups is 1. The fourth-order valence-corrected chi connectivity index (χ4v) is 1.47. The number of benzene rings is 2. The van der Waals surface area contributed by atoms with Gasteiger partial charge in [-0.25, -0.2) is 0 Å². The second kappa shape index (κ2) is 4.84. The van der Waals surface area contributed by atoms with Crippen LogP contribution in [-0.4, -0.2) is 4.92 Å². The lowest BCUT2D eigenvalue weighted by Gasteiger charge is -2.06. The summed E-state index contributed by atoms with van der Waals surface area (Å²) in [6.07, 6.45) is 0. The Morgan fingerprint density at radius 1 is 1.35 bits per heavy atom. The van der Waals surface area contributed by atoms with Crippen LogP contribution < -0.4 is 4.74 Å². The van der Waals surface area contributed by atoms with Crippen LogP contribution in [0.1, 0.15) is 0 Å². The lowest BCUT2D eigenvalue weighted by molar-refractivity contribution is -0.384. The lowest BCUT2D eigenvalue weighted by atomic mass is 10.3. The third-order valence-corrected chi connectivity index (χ3v) is 2.33. The molecule has 0 spiro atoms. The zero-order valence-electron chi connectivity index (χ0n) is 8.59. The molecule has 0 aliphatic carbocycles. The van der Waals surface area contributed by atoms with Crippen LogP contribution in [0.15, 0.2) is 42.5 Å². The summed E-state index contributed by atoms with van der Waals surface area (Å²) >= 11 is 5.88. The van der Waals surface area contributed by atoms with Crippen LogP contribution in [0.3, 0.4) is 0 Å². The molecule has 0 unspecified atom stereocenters. The molecule has 0 fully saturated rings. The number of halogens is 1. The first-order valence-electron chi connectivity index (χ1n) is 4.75. The van der Waals surface area contributed by atoms with Crippen molar-refractivity contribution in [3.05, 3.63) is 63.7 Å². The number of hydrogen-bond donors (Lipinski definition) is 0. The van der Waals surface area contributed by atoms with E-state index in [4.69, 9.17) is 16.3 Å². The average Bonchev–Trinajstić information content (AvgIpc) is 2.33. The monoisotopic (exact) mass is 248 g/mol. The molecular formula is C12H7ClNO3. The molecule has 0 saturated heterocycles. The topological polar surface area (TPSA) is 52.4 Å². The van der Waals surface area contributed by atoms with E-state index in [9.17, 15) is 10.1 Å². The zero-order chi connectivity index (χ0) is 12.3. The van der Waals surface area contributed by atoms with Gasteiger partial charge in [0.2, 0.25) is 0 Å². The van der Waals surface area contributed by atoms with E-state index in [0.717, 1.165) is 0 Å². The van der Waals surface area contributed by atoms with Crippen molar-refractivity contribution in [3.8, 4) is 11.5 Å². The van der Waals surface area contributed by atoms with Crippen LogP contribution in [-0.2, 0) is 0 Å². The summed E-state index contributed by atoms with van der Waals surface area (Å²) in [6, 6.07) is 13.8. The molecule has 0 aliphatic rings. The largest absolute Gasteiger partial charge is 0.456 e. The highest BCUT2D eigenvalue weighted by Crippen LogP contribution is 2.31. The number of non-ortho nitro benzene ring substituents is 1. The fraction of sp³-hybridized carbons (Fsp3) is 0. The number of rotatable bonds is 3. The predicted octanol–water partition coefficient (Wildman–Crippen LogP) is 3.84. The smallest absolute Gasteiger partial charge is 0.271 e. The van der Waals surface area contributed by atoms with Crippen molar-refractivity contribution < 1.29 is 9.66 Å². The summed E-state index contributed by atoms with van der Waals surface area (Å²) < 4.78 is 5.46. The maximum Gasteiger partial charge on any atom is 0.271 e. The van der Waals surface area contributed by atoms with Crippen molar-refractivity contribution in [2.45, 2.75) is 0 Å². The van der Waals surface area contributed by atoms with Gasteiger partial charge in [-0.2, -0.15) is 0 Å². The molecule has 2 aromatic carbocycles. The van der Waals surface area contributed by atoms with E-state index in [1.807, 2.05) is 0 Å². The van der Waals surface area contributed by atoms with Gasteiger partial charge in [0.1, 0.15) is 11.5 Å². The maximum absolute atomic E-state index is 10.5. The third kappa shape index (κ3) is 2.73. The first-order chi connectivity index (χ1) is 8.16. The molecule has 0 aliphatic heterocycles. The summed E-state index contributed by atoms with van der Waals surface area (Å²) in [5, 5.41) is 10.7. The molecule has 0 heterocycles. The van der Waals surface area contributed by atoms with Gasteiger partial charge in [-0.15, -0.1) is 0 Å². The molecule has 5 heteroatoms. The van der Waals surface area contributed by atoms with E-state index >= 15 is 0 Å². The van der Waals surface area contributed by atoms with Crippen LogP contribution in [0.4, 0.5) is 5.69 Å². The highest BCUT2D eigenvalue weighted by molar-refractivity contribution is 6.32. The second-order valence-corrected chi connectivity index (χ2v) is 3.62. The molecule has 17 heavy (non-hydrogen) atoms. The first-order valence-corrected chi connectivity index (χ1v) is 5.12. The Morgan fingerprint density at radius 3 is 2.76 bits per heavy atom. The van der Waals surface area contributed by atoms with Gasteiger partial charge in [0.15, 0.2) is 0 Å². The van der Waals surface area contributed by atoms with Gasteiger partial charge in [0.25, 0.3) is 5.69 Å². The van der Waals surface area contributed by atoms with Crippen LogP contribution in [0, 0.1) is 16.2 Å². The number of ether oxygens (including phenoxy) is 1. The van der Waals surface area contributed by atoms with Crippen LogP contribution in [0.25, 0.3) is 0 Å². The number of nitro benzene ring substituents is 1. The van der Waals surface area contributed by atoms with E-state index < -0.39 is 4.92 Å². The van der Waals surface area contributed by atoms with Gasteiger partial charge in [-0.3, -0.25) is 10.1 Å². The van der Waals surface area contributed by atoms with Gasteiger partial charge < -0.3 is 4.74 Å². The van der Waals surface area contributed by atoms with Crippen molar-refractivity contribution in [2.75, 3.05) is 0 Å². The average molecular weight is 249 g/mol. The Labute approximate surface area is 103 Å². The van der Waals surface area contributed by atoms with Gasteiger partial charge in [-0.1, -0.05) is 23.7 Å². The SMILES string of the molecule is O=[N+]([O-])c1ccc(Oc2c[c]ccc2)c(Cl)c1. The molecule has 0 amide bonds. The van der Waals surface area contributed by atoms with E-state index in [0.29, 0.717) is 11.5 Å². The zero-order valence-corrected chi connectivity index (χ0v) is 9.35. The molecular weight excluding hydrogens is 242 g/mol. The summed E-state index contributed by atoms with van der Waals surface area (Å²) in [7, 11) is 0. The minimum absolute atomic E-state index is 0.0676. The van der Waals surface area contributed by atoms with Gasteiger partial charge in [0.05, 0.1) is 9.95 Å². The molecule has 4 nitrogen and oxygen atoms in total. The van der Waals surface area contributed by atoms with Crippen LogP contribution >= 0.6 is 11.6 Å². The summed E-state index contributed by atoms with van der Waals surface area (Å²) in [6.45, 7) is 0. The van der Waals surface area contributed by atoms with E-state index in [-0.39, 0.29) is 10.7 Å². The quantitative estimate of drug-likeness (QED) is 0.612.